The first kappa shape index (κ1) is 17.5. The predicted molar refractivity (Wildman–Crippen MR) is 101 cm³/mol. The van der Waals surface area contributed by atoms with Crippen LogP contribution in [0.15, 0.2) is 36.5 Å². The first-order valence-electron chi connectivity index (χ1n) is 9.29. The zero-order chi connectivity index (χ0) is 19.0. The number of benzene rings is 1. The molecule has 4 amide bonds. The molecule has 27 heavy (non-hydrogen) atoms. The van der Waals surface area contributed by atoms with Crippen LogP contribution >= 0.6 is 0 Å². The van der Waals surface area contributed by atoms with Crippen LogP contribution in [0.25, 0.3) is 10.9 Å². The number of carbonyl (C=O) groups is 3. The molecule has 2 N–H and O–H groups in total. The number of anilines is 1. The number of imide groups is 1. The van der Waals surface area contributed by atoms with E-state index >= 15 is 0 Å². The summed E-state index contributed by atoms with van der Waals surface area (Å²) in [6.07, 6.45) is 5.17. The van der Waals surface area contributed by atoms with Crippen LogP contribution in [0.4, 0.5) is 10.5 Å². The van der Waals surface area contributed by atoms with Gasteiger partial charge in [-0.2, -0.15) is 0 Å². The maximum Gasteiger partial charge on any atom is 0.325 e. The molecule has 2 aromatic rings. The van der Waals surface area contributed by atoms with Crippen LogP contribution in [0.3, 0.4) is 0 Å². The molecule has 140 valence electrons. The van der Waals surface area contributed by atoms with Crippen molar-refractivity contribution >= 4 is 34.4 Å². The second kappa shape index (κ2) is 6.64. The smallest absolute Gasteiger partial charge is 0.324 e. The molecule has 2 fully saturated rings. The molecule has 1 saturated heterocycles. The first-order valence-corrected chi connectivity index (χ1v) is 9.29. The number of carbonyl (C=O) groups excluding carboxylic acids is 3. The highest BCUT2D eigenvalue weighted by atomic mass is 16.2. The Bertz CT molecular complexity index is 923. The molecule has 4 rings (SSSR count). The molecule has 2 aliphatic rings. The highest BCUT2D eigenvalue weighted by molar-refractivity contribution is 6.11. The van der Waals surface area contributed by atoms with Crippen molar-refractivity contribution in [1.82, 2.24) is 15.2 Å². The summed E-state index contributed by atoms with van der Waals surface area (Å²) < 4.78 is 0. The van der Waals surface area contributed by atoms with E-state index in [0.29, 0.717) is 12.1 Å². The Morgan fingerprint density at radius 3 is 2.96 bits per heavy atom. The summed E-state index contributed by atoms with van der Waals surface area (Å²) >= 11 is 0. The molecule has 2 heterocycles. The molecule has 1 spiro atoms. The summed E-state index contributed by atoms with van der Waals surface area (Å²) in [5.74, 6) is -0.621. The second-order valence-corrected chi connectivity index (χ2v) is 7.36. The van der Waals surface area contributed by atoms with Gasteiger partial charge in [-0.25, -0.2) is 4.79 Å². The topological polar surface area (TPSA) is 91.4 Å². The number of hydrogen-bond acceptors (Lipinski definition) is 4. The fourth-order valence-corrected chi connectivity index (χ4v) is 4.18. The summed E-state index contributed by atoms with van der Waals surface area (Å²) in [6.45, 7) is 1.69. The molecule has 7 nitrogen and oxygen atoms in total. The highest BCUT2D eigenvalue weighted by Gasteiger charge is 2.55. The Balaban J connectivity index is 1.51. The Kier molecular flexibility index (Phi) is 4.30. The van der Waals surface area contributed by atoms with Crippen LogP contribution in [0.1, 0.15) is 32.6 Å². The number of fused-ring (bicyclic) bond motifs is 1. The fraction of sp³-hybridized carbons (Fsp3) is 0.400. The number of hydrogen-bond donors (Lipinski definition) is 2. The summed E-state index contributed by atoms with van der Waals surface area (Å²) in [7, 11) is 0. The van der Waals surface area contributed by atoms with Crippen LogP contribution in [-0.2, 0) is 9.59 Å². The van der Waals surface area contributed by atoms with E-state index in [0.717, 1.165) is 35.1 Å². The van der Waals surface area contributed by atoms with Crippen molar-refractivity contribution in [2.75, 3.05) is 11.9 Å². The van der Waals surface area contributed by atoms with E-state index in [4.69, 9.17) is 0 Å². The molecule has 1 aromatic carbocycles. The number of rotatable bonds is 3. The van der Waals surface area contributed by atoms with E-state index in [9.17, 15) is 14.4 Å². The Morgan fingerprint density at radius 1 is 1.30 bits per heavy atom. The van der Waals surface area contributed by atoms with Gasteiger partial charge in [-0.3, -0.25) is 19.5 Å². The standard InChI is InChI=1S/C20H22N4O3/c1-13-6-2-3-10-20(13)18(26)24(19(27)23-20)12-17(25)22-16-9-4-8-15-14(16)7-5-11-21-15/h4-5,7-9,11,13H,2-3,6,10,12H2,1H3,(H,22,25)(H,23,27)/t13-,20-/m1/s1. The molecule has 1 aromatic heterocycles. The van der Waals surface area contributed by atoms with Gasteiger partial charge in [-0.15, -0.1) is 0 Å². The molecule has 7 heteroatoms. The summed E-state index contributed by atoms with van der Waals surface area (Å²) in [6, 6.07) is 8.61. The SMILES string of the molecule is C[C@@H]1CCCC[C@@]12NC(=O)N(CC(=O)Nc1cccc3ncccc13)C2=O. The van der Waals surface area contributed by atoms with Crippen LogP contribution in [-0.4, -0.2) is 39.8 Å². The monoisotopic (exact) mass is 366 g/mol. The van der Waals surface area contributed by atoms with Crippen molar-refractivity contribution < 1.29 is 14.4 Å². The van der Waals surface area contributed by atoms with Gasteiger partial charge in [0.15, 0.2) is 0 Å². The molecule has 1 aliphatic carbocycles. The van der Waals surface area contributed by atoms with Gasteiger partial charge >= 0.3 is 6.03 Å². The van der Waals surface area contributed by atoms with E-state index < -0.39 is 17.5 Å². The number of pyridine rings is 1. The summed E-state index contributed by atoms with van der Waals surface area (Å²) in [4.78, 5) is 43.2. The minimum atomic E-state index is -0.848. The quantitative estimate of drug-likeness (QED) is 0.817. The average molecular weight is 366 g/mol. The molecule has 1 aliphatic heterocycles. The number of nitrogens with zero attached hydrogens (tertiary/aromatic N) is 2. The van der Waals surface area contributed by atoms with Crippen molar-refractivity contribution in [2.45, 2.75) is 38.1 Å². The number of aromatic nitrogens is 1. The van der Waals surface area contributed by atoms with Crippen molar-refractivity contribution in [1.29, 1.82) is 0 Å². The van der Waals surface area contributed by atoms with Crippen LogP contribution < -0.4 is 10.6 Å². The van der Waals surface area contributed by atoms with Gasteiger partial charge in [0.05, 0.1) is 11.2 Å². The normalized spacial score (nSPS) is 25.1. The molecule has 2 atom stereocenters. The molecule has 1 saturated carbocycles. The average Bonchev–Trinajstić information content (AvgIpc) is 2.89. The predicted octanol–water partition coefficient (Wildman–Crippen LogP) is 2.67. The third kappa shape index (κ3) is 2.93. The Hall–Kier alpha value is -2.96. The molecule has 0 unspecified atom stereocenters. The van der Waals surface area contributed by atoms with Gasteiger partial charge < -0.3 is 10.6 Å². The molecule has 0 radical (unpaired) electrons. The first-order chi connectivity index (χ1) is 13.0. The summed E-state index contributed by atoms with van der Waals surface area (Å²) in [5, 5.41) is 6.48. The van der Waals surface area contributed by atoms with E-state index in [1.54, 1.807) is 24.4 Å². The fourth-order valence-electron chi connectivity index (χ4n) is 4.18. The minimum absolute atomic E-state index is 0.0694. The lowest BCUT2D eigenvalue weighted by molar-refractivity contribution is -0.136. The molecule has 0 bridgehead atoms. The van der Waals surface area contributed by atoms with E-state index in [2.05, 4.69) is 15.6 Å². The van der Waals surface area contributed by atoms with Crippen LogP contribution in [0, 0.1) is 5.92 Å². The largest absolute Gasteiger partial charge is 0.325 e. The van der Waals surface area contributed by atoms with E-state index in [1.807, 2.05) is 19.1 Å². The molecular weight excluding hydrogens is 344 g/mol. The van der Waals surface area contributed by atoms with Crippen molar-refractivity contribution in [3.05, 3.63) is 36.5 Å². The number of urea groups is 1. The van der Waals surface area contributed by atoms with Crippen molar-refractivity contribution in [3.8, 4) is 0 Å². The third-order valence-corrected chi connectivity index (χ3v) is 5.72. The van der Waals surface area contributed by atoms with Crippen LogP contribution in [0.5, 0.6) is 0 Å². The van der Waals surface area contributed by atoms with Gasteiger partial charge in [0.25, 0.3) is 5.91 Å². The van der Waals surface area contributed by atoms with Crippen molar-refractivity contribution in [2.24, 2.45) is 5.92 Å². The lowest BCUT2D eigenvalue weighted by Gasteiger charge is -2.36. The maximum atomic E-state index is 13.0. The van der Waals surface area contributed by atoms with Crippen LogP contribution in [0.2, 0.25) is 0 Å². The van der Waals surface area contributed by atoms with Gasteiger partial charge in [-0.1, -0.05) is 25.8 Å². The maximum absolute atomic E-state index is 13.0. The van der Waals surface area contributed by atoms with Gasteiger partial charge in [0.1, 0.15) is 12.1 Å². The minimum Gasteiger partial charge on any atom is -0.324 e. The second-order valence-electron chi connectivity index (χ2n) is 7.36. The van der Waals surface area contributed by atoms with Gasteiger partial charge in [0, 0.05) is 11.6 Å². The Labute approximate surface area is 157 Å². The van der Waals surface area contributed by atoms with Gasteiger partial charge in [-0.05, 0) is 43.0 Å². The molecular formula is C20H22N4O3. The van der Waals surface area contributed by atoms with E-state index in [-0.39, 0.29) is 18.4 Å². The van der Waals surface area contributed by atoms with Crippen molar-refractivity contribution in [3.63, 3.8) is 0 Å². The third-order valence-electron chi connectivity index (χ3n) is 5.72. The highest BCUT2D eigenvalue weighted by Crippen LogP contribution is 2.38. The number of amides is 4. The Morgan fingerprint density at radius 2 is 2.15 bits per heavy atom. The number of nitrogens with one attached hydrogen (secondary N) is 2. The lowest BCUT2D eigenvalue weighted by Crippen LogP contribution is -2.54. The van der Waals surface area contributed by atoms with E-state index in [1.165, 1.54) is 0 Å². The van der Waals surface area contributed by atoms with Gasteiger partial charge in [0.2, 0.25) is 5.91 Å². The zero-order valence-corrected chi connectivity index (χ0v) is 15.2. The lowest BCUT2D eigenvalue weighted by atomic mass is 9.73. The summed E-state index contributed by atoms with van der Waals surface area (Å²) in [5.41, 5.74) is 0.526. The zero-order valence-electron chi connectivity index (χ0n) is 15.2.